The summed E-state index contributed by atoms with van der Waals surface area (Å²) in [6.07, 6.45) is 2.10. The predicted molar refractivity (Wildman–Crippen MR) is 61.1 cm³/mol. The Kier molecular flexibility index (Phi) is 4.31. The largest absolute Gasteiger partial charge is 0.391 e. The molecular formula is C9H15N5O2. The summed E-state index contributed by atoms with van der Waals surface area (Å²) in [7, 11) is 0. The number of aromatic nitrogens is 2. The van der Waals surface area contributed by atoms with E-state index in [-0.39, 0.29) is 24.0 Å². The molecule has 0 aromatic carbocycles. The molecule has 1 aromatic rings. The van der Waals surface area contributed by atoms with Crippen molar-refractivity contribution in [3.63, 3.8) is 0 Å². The van der Waals surface area contributed by atoms with Crippen LogP contribution in [0.15, 0.2) is 11.1 Å². The maximum absolute atomic E-state index is 11.2. The lowest BCUT2D eigenvalue weighted by molar-refractivity contribution is -0.119. The molecule has 1 heterocycles. The Morgan fingerprint density at radius 2 is 2.38 bits per heavy atom. The fourth-order valence-corrected chi connectivity index (χ4v) is 1.04. The zero-order valence-electron chi connectivity index (χ0n) is 9.04. The van der Waals surface area contributed by atoms with Crippen molar-refractivity contribution in [2.45, 2.75) is 13.3 Å². The highest BCUT2D eigenvalue weighted by molar-refractivity contribution is 5.81. The lowest BCUT2D eigenvalue weighted by Crippen LogP contribution is -2.31. The Hall–Kier alpha value is -2.05. The van der Waals surface area contributed by atoms with Crippen LogP contribution in [0.3, 0.4) is 0 Å². The molecule has 0 radical (unpaired) electrons. The van der Waals surface area contributed by atoms with Gasteiger partial charge in [0.05, 0.1) is 12.9 Å². The van der Waals surface area contributed by atoms with Gasteiger partial charge in [-0.15, -0.1) is 0 Å². The number of carbonyl (C=O) groups excluding carboxylic acids is 1. The number of H-pyrrole nitrogens is 1. The van der Waals surface area contributed by atoms with Crippen molar-refractivity contribution < 1.29 is 4.79 Å². The van der Waals surface area contributed by atoms with E-state index >= 15 is 0 Å². The second-order valence-corrected chi connectivity index (χ2v) is 3.20. The fraction of sp³-hybridized carbons (Fsp3) is 0.444. The Morgan fingerprint density at radius 1 is 1.62 bits per heavy atom. The van der Waals surface area contributed by atoms with Gasteiger partial charge in [-0.25, -0.2) is 4.98 Å². The average Bonchev–Trinajstić information content (AvgIpc) is 2.28. The highest BCUT2D eigenvalue weighted by Gasteiger charge is 2.05. The van der Waals surface area contributed by atoms with Crippen molar-refractivity contribution in [2.24, 2.45) is 0 Å². The van der Waals surface area contributed by atoms with Crippen LogP contribution in [-0.2, 0) is 4.79 Å². The number of nitrogens with two attached hydrogens (primary N) is 1. The fourth-order valence-electron chi connectivity index (χ4n) is 1.04. The first-order chi connectivity index (χ1) is 7.65. The summed E-state index contributed by atoms with van der Waals surface area (Å²) in [6, 6.07) is 0. The summed E-state index contributed by atoms with van der Waals surface area (Å²) in [5.74, 6) is 0.0544. The van der Waals surface area contributed by atoms with Crippen LogP contribution in [0.2, 0.25) is 0 Å². The van der Waals surface area contributed by atoms with Gasteiger partial charge < -0.3 is 21.4 Å². The van der Waals surface area contributed by atoms with Crippen molar-refractivity contribution in [1.82, 2.24) is 15.3 Å². The molecule has 0 saturated carbocycles. The quantitative estimate of drug-likeness (QED) is 0.528. The van der Waals surface area contributed by atoms with Crippen molar-refractivity contribution in [3.8, 4) is 0 Å². The van der Waals surface area contributed by atoms with Gasteiger partial charge in [-0.1, -0.05) is 6.92 Å². The summed E-state index contributed by atoms with van der Waals surface area (Å²) < 4.78 is 0. The van der Waals surface area contributed by atoms with Gasteiger partial charge in [0.25, 0.3) is 5.56 Å². The zero-order chi connectivity index (χ0) is 12.0. The summed E-state index contributed by atoms with van der Waals surface area (Å²) in [4.78, 5) is 28.5. The maximum Gasteiger partial charge on any atom is 0.276 e. The highest BCUT2D eigenvalue weighted by atomic mass is 16.2. The first-order valence-corrected chi connectivity index (χ1v) is 4.99. The third-order valence-electron chi connectivity index (χ3n) is 1.88. The SMILES string of the molecule is CCCNC(=O)CNc1nc[nH]c(=O)c1N. The van der Waals surface area contributed by atoms with Crippen LogP contribution in [0.25, 0.3) is 0 Å². The molecule has 7 heteroatoms. The first-order valence-electron chi connectivity index (χ1n) is 4.99. The third-order valence-corrected chi connectivity index (χ3v) is 1.88. The van der Waals surface area contributed by atoms with E-state index in [4.69, 9.17) is 5.73 Å². The minimum atomic E-state index is -0.425. The number of carbonyl (C=O) groups is 1. The Labute approximate surface area is 92.5 Å². The summed E-state index contributed by atoms with van der Waals surface area (Å²) in [5, 5.41) is 5.37. The maximum atomic E-state index is 11.2. The molecule has 0 bridgehead atoms. The smallest absolute Gasteiger partial charge is 0.276 e. The number of aromatic amines is 1. The average molecular weight is 225 g/mol. The topological polar surface area (TPSA) is 113 Å². The number of nitrogens with zero attached hydrogens (tertiary/aromatic N) is 1. The van der Waals surface area contributed by atoms with Crippen LogP contribution in [0.5, 0.6) is 0 Å². The second-order valence-electron chi connectivity index (χ2n) is 3.20. The molecule has 7 nitrogen and oxygen atoms in total. The number of hydrogen-bond acceptors (Lipinski definition) is 5. The molecule has 0 spiro atoms. The van der Waals surface area contributed by atoms with Gasteiger partial charge in [-0.05, 0) is 6.42 Å². The summed E-state index contributed by atoms with van der Waals surface area (Å²) in [6.45, 7) is 2.63. The van der Waals surface area contributed by atoms with Gasteiger partial charge in [0.15, 0.2) is 5.82 Å². The van der Waals surface area contributed by atoms with Crippen molar-refractivity contribution in [1.29, 1.82) is 0 Å². The van der Waals surface area contributed by atoms with Crippen LogP contribution in [0, 0.1) is 0 Å². The second kappa shape index (κ2) is 5.74. The third kappa shape index (κ3) is 3.26. The molecule has 1 amide bonds. The van der Waals surface area contributed by atoms with Crippen LogP contribution < -0.4 is 21.9 Å². The Balaban J connectivity index is 2.52. The van der Waals surface area contributed by atoms with E-state index in [0.29, 0.717) is 6.54 Å². The number of rotatable bonds is 5. The molecule has 1 aromatic heterocycles. The lowest BCUT2D eigenvalue weighted by atomic mass is 10.4. The molecule has 88 valence electrons. The molecule has 0 aliphatic heterocycles. The minimum Gasteiger partial charge on any atom is -0.391 e. The Bertz CT molecular complexity index is 415. The number of amides is 1. The monoisotopic (exact) mass is 225 g/mol. The number of anilines is 2. The molecular weight excluding hydrogens is 210 g/mol. The highest BCUT2D eigenvalue weighted by Crippen LogP contribution is 2.05. The van der Waals surface area contributed by atoms with Crippen LogP contribution >= 0.6 is 0 Å². The molecule has 0 aliphatic rings. The summed E-state index contributed by atoms with van der Waals surface area (Å²) in [5.41, 5.74) is 5.02. The van der Waals surface area contributed by atoms with Gasteiger partial charge in [-0.2, -0.15) is 0 Å². The number of nitrogens with one attached hydrogen (secondary N) is 3. The number of hydrogen-bond donors (Lipinski definition) is 4. The first kappa shape index (κ1) is 12.0. The van der Waals surface area contributed by atoms with Gasteiger partial charge in [0.1, 0.15) is 5.69 Å². The van der Waals surface area contributed by atoms with Crippen LogP contribution in [0.4, 0.5) is 11.5 Å². The van der Waals surface area contributed by atoms with Gasteiger partial charge in [-0.3, -0.25) is 9.59 Å². The Morgan fingerprint density at radius 3 is 3.06 bits per heavy atom. The molecule has 1 rings (SSSR count). The molecule has 0 aliphatic carbocycles. The molecule has 16 heavy (non-hydrogen) atoms. The molecule has 0 fully saturated rings. The molecule has 0 atom stereocenters. The van der Waals surface area contributed by atoms with Crippen molar-refractivity contribution in [3.05, 3.63) is 16.7 Å². The van der Waals surface area contributed by atoms with E-state index in [0.717, 1.165) is 6.42 Å². The van der Waals surface area contributed by atoms with E-state index in [1.807, 2.05) is 6.92 Å². The summed E-state index contributed by atoms with van der Waals surface area (Å²) >= 11 is 0. The number of nitrogen functional groups attached to an aromatic ring is 1. The van der Waals surface area contributed by atoms with Gasteiger partial charge in [0.2, 0.25) is 5.91 Å². The molecule has 5 N–H and O–H groups in total. The van der Waals surface area contributed by atoms with Crippen LogP contribution in [0.1, 0.15) is 13.3 Å². The molecule has 0 saturated heterocycles. The predicted octanol–water partition coefficient (Wildman–Crippen LogP) is -0.710. The van der Waals surface area contributed by atoms with E-state index in [2.05, 4.69) is 20.6 Å². The standard InChI is InChI=1S/C9H15N5O2/c1-2-3-11-6(15)4-12-8-7(10)9(16)14-5-13-8/h5H,2-4,10H2,1H3,(H,11,15)(H2,12,13,14,16). The van der Waals surface area contributed by atoms with Gasteiger partial charge >= 0.3 is 0 Å². The van der Waals surface area contributed by atoms with E-state index < -0.39 is 5.56 Å². The minimum absolute atomic E-state index is 0.0224. The van der Waals surface area contributed by atoms with Crippen molar-refractivity contribution >= 4 is 17.4 Å². The van der Waals surface area contributed by atoms with Gasteiger partial charge in [0, 0.05) is 6.54 Å². The molecule has 0 unspecified atom stereocenters. The normalized spacial score (nSPS) is 9.81. The zero-order valence-corrected chi connectivity index (χ0v) is 9.04. The van der Waals surface area contributed by atoms with E-state index in [1.165, 1.54) is 6.33 Å². The van der Waals surface area contributed by atoms with Crippen LogP contribution in [-0.4, -0.2) is 29.0 Å². The van der Waals surface area contributed by atoms with E-state index in [9.17, 15) is 9.59 Å². The van der Waals surface area contributed by atoms with Crippen molar-refractivity contribution in [2.75, 3.05) is 24.1 Å². The van der Waals surface area contributed by atoms with E-state index in [1.54, 1.807) is 0 Å². The lowest BCUT2D eigenvalue weighted by Gasteiger charge is -2.07.